The summed E-state index contributed by atoms with van der Waals surface area (Å²) in [6.07, 6.45) is 6.38. The Hall–Kier alpha value is -1.44. The van der Waals surface area contributed by atoms with Crippen LogP contribution in [0.1, 0.15) is 43.8 Å². The number of carboxylic acid groups (broad SMARTS) is 1. The van der Waals surface area contributed by atoms with Gasteiger partial charge in [0.05, 0.1) is 23.4 Å². The Bertz CT molecular complexity index is 581. The van der Waals surface area contributed by atoms with Gasteiger partial charge in [0.1, 0.15) is 9.84 Å². The summed E-state index contributed by atoms with van der Waals surface area (Å²) >= 11 is 0. The molecular weight excluding hydrogens is 282 g/mol. The lowest BCUT2D eigenvalue weighted by molar-refractivity contribution is -0.136. The minimum absolute atomic E-state index is 0.0231. The van der Waals surface area contributed by atoms with Gasteiger partial charge in [-0.1, -0.05) is 11.6 Å². The first-order chi connectivity index (χ1) is 9.36. The Balaban J connectivity index is 2.02. The molecule has 0 bridgehead atoms. The highest BCUT2D eigenvalue weighted by Gasteiger charge is 2.30. The second-order valence-corrected chi connectivity index (χ2v) is 7.68. The van der Waals surface area contributed by atoms with Crippen molar-refractivity contribution in [2.75, 3.05) is 6.26 Å². The number of nitrogens with zero attached hydrogens (tertiary/aromatic N) is 3. The predicted molar refractivity (Wildman–Crippen MR) is 72.1 cm³/mol. The Labute approximate surface area is 117 Å². The molecule has 0 saturated heterocycles. The fourth-order valence-electron chi connectivity index (χ4n) is 2.59. The minimum atomic E-state index is -3.02. The summed E-state index contributed by atoms with van der Waals surface area (Å²) in [5.74, 6) is -0.866. The van der Waals surface area contributed by atoms with E-state index < -0.39 is 15.8 Å². The lowest BCUT2D eigenvalue weighted by Crippen LogP contribution is -2.29. The van der Waals surface area contributed by atoms with Crippen molar-refractivity contribution < 1.29 is 18.3 Å². The third kappa shape index (κ3) is 3.78. The van der Waals surface area contributed by atoms with E-state index in [0.29, 0.717) is 25.0 Å². The third-order valence-corrected chi connectivity index (χ3v) is 5.37. The number of aliphatic carboxylic acids is 1. The van der Waals surface area contributed by atoms with Crippen molar-refractivity contribution in [3.8, 4) is 0 Å². The molecule has 0 aromatic carbocycles. The molecule has 2 unspecified atom stereocenters. The molecule has 20 heavy (non-hydrogen) atoms. The number of hydrogen-bond acceptors (Lipinski definition) is 5. The predicted octanol–water partition coefficient (Wildman–Crippen LogP) is 0.824. The second-order valence-electron chi connectivity index (χ2n) is 5.36. The fourth-order valence-corrected chi connectivity index (χ4v) is 3.76. The first-order valence-electron chi connectivity index (χ1n) is 6.67. The van der Waals surface area contributed by atoms with Crippen LogP contribution in [0.3, 0.4) is 0 Å². The summed E-state index contributed by atoms with van der Waals surface area (Å²) in [6, 6.07) is 0.0366. The van der Waals surface area contributed by atoms with Gasteiger partial charge in [-0.2, -0.15) is 0 Å². The number of carboxylic acids is 1. The minimum Gasteiger partial charge on any atom is -0.481 e. The second kappa shape index (κ2) is 5.90. The van der Waals surface area contributed by atoms with Crippen LogP contribution in [-0.2, 0) is 21.1 Å². The van der Waals surface area contributed by atoms with Gasteiger partial charge in [0.2, 0.25) is 0 Å². The first-order valence-corrected chi connectivity index (χ1v) is 8.63. The van der Waals surface area contributed by atoms with Gasteiger partial charge in [0.15, 0.2) is 0 Å². The maximum atomic E-state index is 11.6. The molecule has 112 valence electrons. The highest BCUT2D eigenvalue weighted by Crippen LogP contribution is 2.31. The molecule has 8 heteroatoms. The summed E-state index contributed by atoms with van der Waals surface area (Å²) in [6.45, 7) is 0. The maximum Gasteiger partial charge on any atom is 0.303 e. The van der Waals surface area contributed by atoms with Crippen LogP contribution in [0, 0.1) is 0 Å². The highest BCUT2D eigenvalue weighted by molar-refractivity contribution is 7.91. The van der Waals surface area contributed by atoms with Crippen molar-refractivity contribution in [2.45, 2.75) is 49.8 Å². The summed E-state index contributed by atoms with van der Waals surface area (Å²) < 4.78 is 25.0. The van der Waals surface area contributed by atoms with E-state index in [0.717, 1.165) is 12.8 Å². The van der Waals surface area contributed by atoms with E-state index >= 15 is 0 Å². The molecule has 0 amide bonds. The molecule has 1 heterocycles. The number of rotatable bonds is 5. The lowest BCUT2D eigenvalue weighted by atomic mass is 9.95. The van der Waals surface area contributed by atoms with E-state index in [2.05, 4.69) is 10.3 Å². The van der Waals surface area contributed by atoms with Gasteiger partial charge in [-0.25, -0.2) is 13.1 Å². The zero-order valence-corrected chi connectivity index (χ0v) is 12.2. The molecule has 1 fully saturated rings. The number of carbonyl (C=O) groups is 1. The van der Waals surface area contributed by atoms with Crippen molar-refractivity contribution in [3.05, 3.63) is 11.9 Å². The van der Waals surface area contributed by atoms with Crippen molar-refractivity contribution in [2.24, 2.45) is 0 Å². The van der Waals surface area contributed by atoms with Crippen LogP contribution in [0.5, 0.6) is 0 Å². The normalized spacial score (nSPS) is 23.6. The molecule has 2 atom stereocenters. The maximum absolute atomic E-state index is 11.6. The lowest BCUT2D eigenvalue weighted by Gasteiger charge is -2.27. The number of aromatic nitrogens is 3. The molecular formula is C12H19N3O4S. The molecule has 2 rings (SSSR count). The Morgan fingerprint density at radius 1 is 1.50 bits per heavy atom. The fraction of sp³-hybridized carbons (Fsp3) is 0.750. The van der Waals surface area contributed by atoms with Gasteiger partial charge >= 0.3 is 5.97 Å². The monoisotopic (exact) mass is 301 g/mol. The molecule has 1 aliphatic carbocycles. The van der Waals surface area contributed by atoms with Crippen LogP contribution in [0.2, 0.25) is 0 Å². The van der Waals surface area contributed by atoms with Gasteiger partial charge in [-0.15, -0.1) is 5.10 Å². The zero-order chi connectivity index (χ0) is 14.8. The average molecular weight is 301 g/mol. The molecule has 0 radical (unpaired) electrons. The third-order valence-electron chi connectivity index (χ3n) is 3.73. The summed E-state index contributed by atoms with van der Waals surface area (Å²) in [5, 5.41) is 16.3. The van der Waals surface area contributed by atoms with Crippen molar-refractivity contribution in [1.82, 2.24) is 15.0 Å². The Morgan fingerprint density at radius 3 is 2.90 bits per heavy atom. The number of aryl methyl sites for hydroxylation is 1. The standard InChI is InChI=1S/C12H19N3O4S/c1-20(18,19)11-4-2-3-10(7-11)15-8-9(13-14-15)5-6-12(16)17/h8,10-11H,2-7H2,1H3,(H,16,17). The number of hydrogen-bond donors (Lipinski definition) is 1. The molecule has 1 aromatic rings. The molecule has 1 aromatic heterocycles. The van der Waals surface area contributed by atoms with E-state index in [1.165, 1.54) is 6.26 Å². The van der Waals surface area contributed by atoms with E-state index in [1.807, 2.05) is 0 Å². The van der Waals surface area contributed by atoms with Gasteiger partial charge in [0.25, 0.3) is 0 Å². The molecule has 7 nitrogen and oxygen atoms in total. The van der Waals surface area contributed by atoms with Crippen molar-refractivity contribution in [1.29, 1.82) is 0 Å². The molecule has 1 N–H and O–H groups in total. The van der Waals surface area contributed by atoms with E-state index in [9.17, 15) is 13.2 Å². The quantitative estimate of drug-likeness (QED) is 0.864. The summed E-state index contributed by atoms with van der Waals surface area (Å²) in [7, 11) is -3.02. The summed E-state index contributed by atoms with van der Waals surface area (Å²) in [4.78, 5) is 10.5. The SMILES string of the molecule is CS(=O)(=O)C1CCCC(n2cc(CCC(=O)O)nn2)C1. The van der Waals surface area contributed by atoms with Crippen LogP contribution in [0.4, 0.5) is 0 Å². The summed E-state index contributed by atoms with van der Waals surface area (Å²) in [5.41, 5.74) is 0.633. The van der Waals surface area contributed by atoms with Crippen LogP contribution >= 0.6 is 0 Å². The zero-order valence-electron chi connectivity index (χ0n) is 11.4. The van der Waals surface area contributed by atoms with E-state index in [-0.39, 0.29) is 17.7 Å². The van der Waals surface area contributed by atoms with Gasteiger partial charge in [-0.05, 0) is 19.3 Å². The Kier molecular flexibility index (Phi) is 4.42. The van der Waals surface area contributed by atoms with E-state index in [1.54, 1.807) is 10.9 Å². The molecule has 1 aliphatic rings. The largest absolute Gasteiger partial charge is 0.481 e. The number of sulfone groups is 1. The van der Waals surface area contributed by atoms with Crippen LogP contribution in [-0.4, -0.2) is 46.0 Å². The van der Waals surface area contributed by atoms with E-state index in [4.69, 9.17) is 5.11 Å². The van der Waals surface area contributed by atoms with Gasteiger partial charge in [0, 0.05) is 18.9 Å². The van der Waals surface area contributed by atoms with Crippen LogP contribution in [0.15, 0.2) is 6.20 Å². The van der Waals surface area contributed by atoms with Crippen LogP contribution in [0.25, 0.3) is 0 Å². The van der Waals surface area contributed by atoms with Crippen LogP contribution < -0.4 is 0 Å². The first kappa shape index (κ1) is 15.0. The van der Waals surface area contributed by atoms with Gasteiger partial charge in [-0.3, -0.25) is 4.79 Å². The average Bonchev–Trinajstić information content (AvgIpc) is 2.84. The highest BCUT2D eigenvalue weighted by atomic mass is 32.2. The van der Waals surface area contributed by atoms with Gasteiger partial charge < -0.3 is 5.11 Å². The molecule has 1 saturated carbocycles. The van der Waals surface area contributed by atoms with Crippen molar-refractivity contribution >= 4 is 15.8 Å². The molecule has 0 aliphatic heterocycles. The van der Waals surface area contributed by atoms with Crippen molar-refractivity contribution in [3.63, 3.8) is 0 Å². The smallest absolute Gasteiger partial charge is 0.303 e. The molecule has 0 spiro atoms. The topological polar surface area (TPSA) is 102 Å². The Morgan fingerprint density at radius 2 is 2.25 bits per heavy atom.